The maximum absolute atomic E-state index is 13.9. The summed E-state index contributed by atoms with van der Waals surface area (Å²) in [6, 6.07) is 14.7. The molecule has 2 heterocycles. The molecule has 29 heavy (non-hydrogen) atoms. The van der Waals surface area contributed by atoms with E-state index in [0.717, 1.165) is 24.3 Å². The van der Waals surface area contributed by atoms with Crippen LogP contribution in [-0.4, -0.2) is 58.8 Å². The first-order chi connectivity index (χ1) is 14.1. The minimum atomic E-state index is -0.353. The van der Waals surface area contributed by atoms with Gasteiger partial charge in [0, 0.05) is 38.9 Å². The van der Waals surface area contributed by atoms with Crippen LogP contribution >= 0.6 is 0 Å². The van der Waals surface area contributed by atoms with Gasteiger partial charge in [0.25, 0.3) is 5.91 Å². The molecule has 0 unspecified atom stereocenters. The SMILES string of the molecule is COc1ccc(CN2CCN(C(=O)c3cnn(-c4ccccc4)c3)CC2)cc1F. The number of carbonyl (C=O) groups is 1. The highest BCUT2D eigenvalue weighted by Gasteiger charge is 2.23. The molecule has 0 atom stereocenters. The smallest absolute Gasteiger partial charge is 0.257 e. The van der Waals surface area contributed by atoms with Crippen LogP contribution in [-0.2, 0) is 6.54 Å². The maximum atomic E-state index is 13.9. The standard InChI is InChI=1S/C22H23FN4O2/c1-29-21-8-7-17(13-20(21)23)15-25-9-11-26(12-10-25)22(28)18-14-24-27(16-18)19-5-3-2-4-6-19/h2-8,13-14,16H,9-12,15H2,1H3. The molecule has 3 aromatic rings. The molecule has 1 saturated heterocycles. The lowest BCUT2D eigenvalue weighted by atomic mass is 10.1. The molecule has 0 spiro atoms. The van der Waals surface area contributed by atoms with Crippen LogP contribution in [0.5, 0.6) is 5.75 Å². The van der Waals surface area contributed by atoms with Gasteiger partial charge < -0.3 is 9.64 Å². The summed E-state index contributed by atoms with van der Waals surface area (Å²) < 4.78 is 20.6. The Bertz CT molecular complexity index is 981. The Morgan fingerprint density at radius 3 is 2.55 bits per heavy atom. The first kappa shape index (κ1) is 19.1. The summed E-state index contributed by atoms with van der Waals surface area (Å²) in [7, 11) is 1.46. The van der Waals surface area contributed by atoms with Crippen LogP contribution in [0.1, 0.15) is 15.9 Å². The summed E-state index contributed by atoms with van der Waals surface area (Å²) in [5.41, 5.74) is 2.40. The third-order valence-corrected chi connectivity index (χ3v) is 5.13. The molecule has 6 nitrogen and oxygen atoms in total. The van der Waals surface area contributed by atoms with E-state index in [2.05, 4.69) is 10.00 Å². The van der Waals surface area contributed by atoms with Crippen molar-refractivity contribution in [3.63, 3.8) is 0 Å². The second kappa shape index (κ2) is 8.45. The Balaban J connectivity index is 1.34. The Morgan fingerprint density at radius 1 is 1.10 bits per heavy atom. The van der Waals surface area contributed by atoms with Crippen molar-refractivity contribution in [3.05, 3.63) is 77.9 Å². The number of nitrogens with zero attached hydrogens (tertiary/aromatic N) is 4. The lowest BCUT2D eigenvalue weighted by Crippen LogP contribution is -2.48. The molecule has 2 aromatic carbocycles. The lowest BCUT2D eigenvalue weighted by molar-refractivity contribution is 0.0628. The van der Waals surface area contributed by atoms with E-state index in [1.165, 1.54) is 13.2 Å². The van der Waals surface area contributed by atoms with Gasteiger partial charge in [-0.15, -0.1) is 0 Å². The molecule has 0 saturated carbocycles. The number of methoxy groups -OCH3 is 1. The van der Waals surface area contributed by atoms with E-state index in [0.29, 0.717) is 25.2 Å². The van der Waals surface area contributed by atoms with Crippen molar-refractivity contribution in [3.8, 4) is 11.4 Å². The molecule has 0 bridgehead atoms. The molecule has 0 radical (unpaired) electrons. The first-order valence-corrected chi connectivity index (χ1v) is 9.58. The molecular weight excluding hydrogens is 371 g/mol. The summed E-state index contributed by atoms with van der Waals surface area (Å²) in [5, 5.41) is 4.31. The highest BCUT2D eigenvalue weighted by molar-refractivity contribution is 5.93. The molecule has 1 aliphatic heterocycles. The van der Waals surface area contributed by atoms with Crippen LogP contribution in [0.2, 0.25) is 0 Å². The number of halogens is 1. The zero-order chi connectivity index (χ0) is 20.2. The first-order valence-electron chi connectivity index (χ1n) is 9.58. The van der Waals surface area contributed by atoms with E-state index in [1.807, 2.05) is 41.3 Å². The summed E-state index contributed by atoms with van der Waals surface area (Å²) in [4.78, 5) is 16.9. The Kier molecular flexibility index (Phi) is 5.57. The number of rotatable bonds is 5. The number of hydrogen-bond acceptors (Lipinski definition) is 4. The predicted molar refractivity (Wildman–Crippen MR) is 108 cm³/mol. The molecular formula is C22H23FN4O2. The highest BCUT2D eigenvalue weighted by Crippen LogP contribution is 2.19. The van der Waals surface area contributed by atoms with Gasteiger partial charge in [-0.3, -0.25) is 9.69 Å². The zero-order valence-corrected chi connectivity index (χ0v) is 16.3. The second-order valence-electron chi connectivity index (χ2n) is 7.05. The van der Waals surface area contributed by atoms with Gasteiger partial charge in [-0.1, -0.05) is 24.3 Å². The molecule has 1 aromatic heterocycles. The van der Waals surface area contributed by atoms with Gasteiger partial charge in [0.05, 0.1) is 24.6 Å². The quantitative estimate of drug-likeness (QED) is 0.668. The number of amides is 1. The molecule has 7 heteroatoms. The maximum Gasteiger partial charge on any atom is 0.257 e. The minimum Gasteiger partial charge on any atom is -0.494 e. The minimum absolute atomic E-state index is 0.0117. The van der Waals surface area contributed by atoms with E-state index in [1.54, 1.807) is 23.1 Å². The number of ether oxygens (including phenoxy) is 1. The third-order valence-electron chi connectivity index (χ3n) is 5.13. The van der Waals surface area contributed by atoms with E-state index in [-0.39, 0.29) is 17.5 Å². The largest absolute Gasteiger partial charge is 0.494 e. The second-order valence-corrected chi connectivity index (χ2v) is 7.05. The Labute approximate surface area is 169 Å². The monoisotopic (exact) mass is 394 g/mol. The average molecular weight is 394 g/mol. The van der Waals surface area contributed by atoms with Crippen LogP contribution in [0.4, 0.5) is 4.39 Å². The summed E-state index contributed by atoms with van der Waals surface area (Å²) in [6.45, 7) is 3.40. The normalized spacial score (nSPS) is 14.8. The predicted octanol–water partition coefficient (Wildman–Crippen LogP) is 2.98. The van der Waals surface area contributed by atoms with Crippen LogP contribution in [0, 0.1) is 5.82 Å². The van der Waals surface area contributed by atoms with Gasteiger partial charge in [-0.05, 0) is 29.8 Å². The fourth-order valence-corrected chi connectivity index (χ4v) is 3.51. The summed E-state index contributed by atoms with van der Waals surface area (Å²) in [6.07, 6.45) is 3.38. The summed E-state index contributed by atoms with van der Waals surface area (Å²) in [5.74, 6) is -0.114. The van der Waals surface area contributed by atoms with Crippen molar-refractivity contribution in [1.82, 2.24) is 19.6 Å². The number of piperazine rings is 1. The summed E-state index contributed by atoms with van der Waals surface area (Å²) >= 11 is 0. The van der Waals surface area contributed by atoms with Crippen molar-refractivity contribution in [1.29, 1.82) is 0 Å². The molecule has 1 fully saturated rings. The van der Waals surface area contributed by atoms with E-state index in [9.17, 15) is 9.18 Å². The highest BCUT2D eigenvalue weighted by atomic mass is 19.1. The van der Waals surface area contributed by atoms with Crippen LogP contribution in [0.15, 0.2) is 60.9 Å². The van der Waals surface area contributed by atoms with E-state index in [4.69, 9.17) is 4.74 Å². The van der Waals surface area contributed by atoms with Crippen LogP contribution in [0.3, 0.4) is 0 Å². The molecule has 0 N–H and O–H groups in total. The number of carbonyl (C=O) groups excluding carboxylic acids is 1. The molecule has 1 aliphatic rings. The van der Waals surface area contributed by atoms with Crippen molar-refractivity contribution in [2.75, 3.05) is 33.3 Å². The van der Waals surface area contributed by atoms with Crippen LogP contribution < -0.4 is 4.74 Å². The number of aromatic nitrogens is 2. The van der Waals surface area contributed by atoms with Crippen molar-refractivity contribution < 1.29 is 13.9 Å². The number of hydrogen-bond donors (Lipinski definition) is 0. The molecule has 0 aliphatic carbocycles. The molecule has 1 amide bonds. The fourth-order valence-electron chi connectivity index (χ4n) is 3.51. The third kappa shape index (κ3) is 4.30. The number of benzene rings is 2. The van der Waals surface area contributed by atoms with E-state index >= 15 is 0 Å². The van der Waals surface area contributed by atoms with Gasteiger partial charge in [0.15, 0.2) is 11.6 Å². The van der Waals surface area contributed by atoms with Gasteiger partial charge >= 0.3 is 0 Å². The molecule has 4 rings (SSSR count). The van der Waals surface area contributed by atoms with Gasteiger partial charge in [0.1, 0.15) is 0 Å². The van der Waals surface area contributed by atoms with Gasteiger partial charge in [0.2, 0.25) is 0 Å². The average Bonchev–Trinajstić information content (AvgIpc) is 3.25. The van der Waals surface area contributed by atoms with Crippen molar-refractivity contribution in [2.45, 2.75) is 6.54 Å². The number of para-hydroxylation sites is 1. The molecule has 150 valence electrons. The van der Waals surface area contributed by atoms with Crippen molar-refractivity contribution >= 4 is 5.91 Å². The Hall–Kier alpha value is -3.19. The lowest BCUT2D eigenvalue weighted by Gasteiger charge is -2.34. The van der Waals surface area contributed by atoms with Gasteiger partial charge in [-0.25, -0.2) is 9.07 Å². The van der Waals surface area contributed by atoms with Gasteiger partial charge in [-0.2, -0.15) is 5.10 Å². The fraction of sp³-hybridized carbons (Fsp3) is 0.273. The zero-order valence-electron chi connectivity index (χ0n) is 16.3. The topological polar surface area (TPSA) is 50.6 Å². The van der Waals surface area contributed by atoms with Crippen LogP contribution in [0.25, 0.3) is 5.69 Å². The van der Waals surface area contributed by atoms with Crippen molar-refractivity contribution in [2.24, 2.45) is 0 Å². The van der Waals surface area contributed by atoms with E-state index < -0.39 is 0 Å². The Morgan fingerprint density at radius 2 is 1.86 bits per heavy atom.